The van der Waals surface area contributed by atoms with Gasteiger partial charge in [-0.3, -0.25) is 4.79 Å². The van der Waals surface area contributed by atoms with Crippen LogP contribution in [0.4, 0.5) is 0 Å². The number of nitrogens with zero attached hydrogens (tertiary/aromatic N) is 2. The molecule has 1 N–H and O–H groups in total. The lowest BCUT2D eigenvalue weighted by Crippen LogP contribution is -2.40. The Bertz CT molecular complexity index is 397. The van der Waals surface area contributed by atoms with Crippen molar-refractivity contribution in [2.24, 2.45) is 5.41 Å². The van der Waals surface area contributed by atoms with E-state index in [9.17, 15) is 4.79 Å². The van der Waals surface area contributed by atoms with Crippen molar-refractivity contribution >= 4 is 5.91 Å². The van der Waals surface area contributed by atoms with Crippen molar-refractivity contribution < 1.29 is 9.32 Å². The molecule has 18 heavy (non-hydrogen) atoms. The molecule has 0 saturated heterocycles. The lowest BCUT2D eigenvalue weighted by molar-refractivity contribution is 0.0920. The van der Waals surface area contributed by atoms with Crippen LogP contribution in [-0.2, 0) is 6.42 Å². The first-order valence-corrected chi connectivity index (χ1v) is 6.22. The fourth-order valence-electron chi connectivity index (χ4n) is 1.91. The first kappa shape index (κ1) is 14.7. The quantitative estimate of drug-likeness (QED) is 0.835. The van der Waals surface area contributed by atoms with Crippen LogP contribution < -0.4 is 5.32 Å². The molecule has 0 aliphatic carbocycles. The van der Waals surface area contributed by atoms with E-state index < -0.39 is 0 Å². The Balaban J connectivity index is 2.50. The fourth-order valence-corrected chi connectivity index (χ4v) is 1.91. The molecular formula is C13H23N3O2. The molecule has 0 unspecified atom stereocenters. The van der Waals surface area contributed by atoms with E-state index in [4.69, 9.17) is 4.52 Å². The molecule has 0 radical (unpaired) electrons. The predicted molar refractivity (Wildman–Crippen MR) is 70.5 cm³/mol. The number of carbonyl (C=O) groups is 1. The van der Waals surface area contributed by atoms with Gasteiger partial charge in [-0.1, -0.05) is 25.9 Å². The highest BCUT2D eigenvalue weighted by Gasteiger charge is 2.21. The molecule has 1 heterocycles. The van der Waals surface area contributed by atoms with Crippen LogP contribution in [0.2, 0.25) is 0 Å². The lowest BCUT2D eigenvalue weighted by Gasteiger charge is -2.28. The van der Waals surface area contributed by atoms with E-state index in [0.29, 0.717) is 12.2 Å². The van der Waals surface area contributed by atoms with E-state index >= 15 is 0 Å². The van der Waals surface area contributed by atoms with E-state index in [1.54, 1.807) is 6.07 Å². The third kappa shape index (κ3) is 4.49. The largest absolute Gasteiger partial charge is 0.361 e. The molecule has 102 valence electrons. The molecule has 1 amide bonds. The second-order valence-corrected chi connectivity index (χ2v) is 5.62. The van der Waals surface area contributed by atoms with E-state index in [1.165, 1.54) is 0 Å². The molecular weight excluding hydrogens is 230 g/mol. The van der Waals surface area contributed by atoms with Crippen molar-refractivity contribution in [1.29, 1.82) is 0 Å². The number of amides is 1. The van der Waals surface area contributed by atoms with Crippen LogP contribution in [0.1, 0.15) is 37.0 Å². The first-order chi connectivity index (χ1) is 8.34. The Labute approximate surface area is 109 Å². The summed E-state index contributed by atoms with van der Waals surface area (Å²) in [6.07, 6.45) is 0.742. The van der Waals surface area contributed by atoms with Gasteiger partial charge in [0.05, 0.1) is 0 Å². The smallest absolute Gasteiger partial charge is 0.273 e. The van der Waals surface area contributed by atoms with Gasteiger partial charge in [-0.05, 0) is 19.5 Å². The van der Waals surface area contributed by atoms with Crippen LogP contribution in [0.25, 0.3) is 0 Å². The maximum atomic E-state index is 11.9. The minimum Gasteiger partial charge on any atom is -0.361 e. The van der Waals surface area contributed by atoms with Crippen molar-refractivity contribution in [1.82, 2.24) is 15.4 Å². The third-order valence-electron chi connectivity index (χ3n) is 2.61. The molecule has 5 nitrogen and oxygen atoms in total. The van der Waals surface area contributed by atoms with Gasteiger partial charge in [0.1, 0.15) is 5.76 Å². The normalized spacial score (nSPS) is 11.9. The highest BCUT2D eigenvalue weighted by molar-refractivity contribution is 5.92. The second-order valence-electron chi connectivity index (χ2n) is 5.62. The molecule has 0 atom stereocenters. The predicted octanol–water partition coefficient (Wildman–Crippen LogP) is 1.55. The van der Waals surface area contributed by atoms with Crippen LogP contribution >= 0.6 is 0 Å². The molecule has 0 saturated carbocycles. The highest BCUT2D eigenvalue weighted by atomic mass is 16.5. The summed E-state index contributed by atoms with van der Waals surface area (Å²) in [5.41, 5.74) is 0.378. The number of rotatable bonds is 6. The van der Waals surface area contributed by atoms with Gasteiger partial charge in [-0.2, -0.15) is 0 Å². The number of hydrogen-bond acceptors (Lipinski definition) is 4. The molecule has 1 rings (SSSR count). The second kappa shape index (κ2) is 6.00. The summed E-state index contributed by atoms with van der Waals surface area (Å²) in [5, 5.41) is 6.65. The minimum atomic E-state index is -0.176. The van der Waals surface area contributed by atoms with Gasteiger partial charge in [-0.15, -0.1) is 0 Å². The Morgan fingerprint density at radius 3 is 2.67 bits per heavy atom. The molecule has 5 heteroatoms. The van der Waals surface area contributed by atoms with Crippen LogP contribution in [-0.4, -0.2) is 43.1 Å². The van der Waals surface area contributed by atoms with Gasteiger partial charge in [0.15, 0.2) is 5.69 Å². The zero-order chi connectivity index (χ0) is 13.8. The van der Waals surface area contributed by atoms with E-state index in [0.717, 1.165) is 18.7 Å². The Morgan fingerprint density at radius 2 is 2.17 bits per heavy atom. The van der Waals surface area contributed by atoms with Gasteiger partial charge >= 0.3 is 0 Å². The number of aryl methyl sites for hydroxylation is 1. The van der Waals surface area contributed by atoms with Crippen molar-refractivity contribution in [3.05, 3.63) is 17.5 Å². The monoisotopic (exact) mass is 253 g/mol. The van der Waals surface area contributed by atoms with Crippen molar-refractivity contribution in [2.45, 2.75) is 27.2 Å². The fraction of sp³-hybridized carbons (Fsp3) is 0.692. The average Bonchev–Trinajstić information content (AvgIpc) is 2.72. The molecule has 0 fully saturated rings. The van der Waals surface area contributed by atoms with Gasteiger partial charge in [0, 0.05) is 25.6 Å². The topological polar surface area (TPSA) is 58.4 Å². The zero-order valence-electron chi connectivity index (χ0n) is 11.9. The third-order valence-corrected chi connectivity index (χ3v) is 2.61. The summed E-state index contributed by atoms with van der Waals surface area (Å²) in [4.78, 5) is 14.0. The SMILES string of the molecule is CCc1cc(C(=O)NCC(C)(C)CN(C)C)no1. The van der Waals surface area contributed by atoms with Crippen molar-refractivity contribution in [2.75, 3.05) is 27.2 Å². The lowest BCUT2D eigenvalue weighted by atomic mass is 9.93. The maximum Gasteiger partial charge on any atom is 0.273 e. The molecule has 0 spiro atoms. The molecule has 0 aliphatic heterocycles. The van der Waals surface area contributed by atoms with Crippen LogP contribution in [0.15, 0.2) is 10.6 Å². The summed E-state index contributed by atoms with van der Waals surface area (Å²) in [7, 11) is 4.05. The maximum absolute atomic E-state index is 11.9. The Kier molecular flexibility index (Phi) is 4.90. The average molecular weight is 253 g/mol. The molecule has 0 aliphatic rings. The summed E-state index contributed by atoms with van der Waals surface area (Å²) in [6, 6.07) is 1.69. The summed E-state index contributed by atoms with van der Waals surface area (Å²) < 4.78 is 5.01. The zero-order valence-corrected chi connectivity index (χ0v) is 11.9. The molecule has 0 aromatic carbocycles. The van der Waals surface area contributed by atoms with Crippen LogP contribution in [0, 0.1) is 5.41 Å². The van der Waals surface area contributed by atoms with Crippen LogP contribution in [0.3, 0.4) is 0 Å². The number of carbonyl (C=O) groups excluding carboxylic acids is 1. The summed E-state index contributed by atoms with van der Waals surface area (Å²) in [6.45, 7) is 7.72. The van der Waals surface area contributed by atoms with Gasteiger partial charge in [-0.25, -0.2) is 0 Å². The summed E-state index contributed by atoms with van der Waals surface area (Å²) in [5.74, 6) is 0.554. The van der Waals surface area contributed by atoms with Crippen LogP contribution in [0.5, 0.6) is 0 Å². The Hall–Kier alpha value is -1.36. The molecule has 1 aromatic heterocycles. The minimum absolute atomic E-state index is 0.0243. The van der Waals surface area contributed by atoms with Gasteiger partial charge in [0.2, 0.25) is 0 Å². The van der Waals surface area contributed by atoms with Crippen molar-refractivity contribution in [3.8, 4) is 0 Å². The van der Waals surface area contributed by atoms with E-state index in [2.05, 4.69) is 29.2 Å². The number of aromatic nitrogens is 1. The van der Waals surface area contributed by atoms with E-state index in [-0.39, 0.29) is 11.3 Å². The summed E-state index contributed by atoms with van der Waals surface area (Å²) >= 11 is 0. The Morgan fingerprint density at radius 1 is 1.50 bits per heavy atom. The van der Waals surface area contributed by atoms with E-state index in [1.807, 2.05) is 21.0 Å². The number of nitrogens with one attached hydrogen (secondary N) is 1. The number of hydrogen-bond donors (Lipinski definition) is 1. The molecule has 1 aromatic rings. The van der Waals surface area contributed by atoms with Gasteiger partial charge < -0.3 is 14.7 Å². The first-order valence-electron chi connectivity index (χ1n) is 6.22. The highest BCUT2D eigenvalue weighted by Crippen LogP contribution is 2.14. The van der Waals surface area contributed by atoms with Crippen molar-refractivity contribution in [3.63, 3.8) is 0 Å². The van der Waals surface area contributed by atoms with Gasteiger partial charge in [0.25, 0.3) is 5.91 Å². The molecule has 0 bridgehead atoms. The standard InChI is InChI=1S/C13H23N3O2/c1-6-10-7-11(15-18-10)12(17)14-8-13(2,3)9-16(4)5/h7H,6,8-9H2,1-5H3,(H,14,17).